The zero-order valence-electron chi connectivity index (χ0n) is 9.45. The minimum absolute atomic E-state index is 0.0186. The second-order valence-electron chi connectivity index (χ2n) is 4.26. The maximum Gasteiger partial charge on any atom is 0.314 e. The normalized spacial score (nSPS) is 17.4. The molecule has 1 aliphatic rings. The van der Waals surface area contributed by atoms with Crippen molar-refractivity contribution in [2.45, 2.75) is 32.6 Å². The fourth-order valence-electron chi connectivity index (χ4n) is 2.36. The monoisotopic (exact) mass is 218 g/mol. The molecule has 0 spiro atoms. The van der Waals surface area contributed by atoms with Crippen molar-refractivity contribution in [2.75, 3.05) is 0 Å². The van der Waals surface area contributed by atoms with E-state index in [2.05, 4.69) is 4.74 Å². The summed E-state index contributed by atoms with van der Waals surface area (Å²) >= 11 is 0. The summed E-state index contributed by atoms with van der Waals surface area (Å²) < 4.78 is 4.54. The molecule has 3 nitrogen and oxygen atoms in total. The molecule has 0 amide bonds. The maximum absolute atomic E-state index is 11.2. The second-order valence-corrected chi connectivity index (χ2v) is 4.26. The third-order valence-corrected chi connectivity index (χ3v) is 3.00. The van der Waals surface area contributed by atoms with Crippen molar-refractivity contribution in [3.8, 4) is 0 Å². The first-order valence-corrected chi connectivity index (χ1v) is 5.37. The molecule has 84 valence electrons. The number of hydrogen-bond donors (Lipinski definition) is 0. The lowest BCUT2D eigenvalue weighted by Crippen LogP contribution is -2.25. The van der Waals surface area contributed by atoms with Crippen LogP contribution in [0.4, 0.5) is 0 Å². The molecule has 0 saturated carbocycles. The number of esters is 2. The molecule has 0 atom stereocenters. The summed E-state index contributed by atoms with van der Waals surface area (Å²) in [5.74, 6) is -0.845. The van der Waals surface area contributed by atoms with E-state index in [9.17, 15) is 9.59 Å². The van der Waals surface area contributed by atoms with Crippen molar-refractivity contribution in [2.24, 2.45) is 0 Å². The van der Waals surface area contributed by atoms with Crippen LogP contribution in [0.15, 0.2) is 18.2 Å². The summed E-state index contributed by atoms with van der Waals surface area (Å²) in [7, 11) is 0. The van der Waals surface area contributed by atoms with Crippen LogP contribution in [-0.4, -0.2) is 11.9 Å². The van der Waals surface area contributed by atoms with Crippen LogP contribution in [0.1, 0.15) is 35.4 Å². The Hall–Kier alpha value is -1.64. The Morgan fingerprint density at radius 3 is 2.06 bits per heavy atom. The van der Waals surface area contributed by atoms with Gasteiger partial charge >= 0.3 is 11.9 Å². The predicted octanol–water partition coefficient (Wildman–Crippen LogP) is 2.25. The van der Waals surface area contributed by atoms with Crippen LogP contribution < -0.4 is 0 Å². The number of carbonyl (C=O) groups excluding carboxylic acids is 2. The SMILES string of the molecule is Cc1cccc(C)c1C1CC(=O)OC(=O)C1. The van der Waals surface area contributed by atoms with Crippen molar-refractivity contribution in [1.29, 1.82) is 0 Å². The Kier molecular flexibility index (Phi) is 2.77. The molecule has 16 heavy (non-hydrogen) atoms. The Morgan fingerprint density at radius 2 is 1.56 bits per heavy atom. The molecule has 3 heteroatoms. The molecule has 0 radical (unpaired) electrons. The largest absolute Gasteiger partial charge is 0.393 e. The number of cyclic esters (lactones) is 2. The number of aryl methyl sites for hydroxylation is 2. The summed E-state index contributed by atoms with van der Waals surface area (Å²) in [4.78, 5) is 22.5. The van der Waals surface area contributed by atoms with Gasteiger partial charge in [-0.3, -0.25) is 9.59 Å². The third-order valence-electron chi connectivity index (χ3n) is 3.00. The van der Waals surface area contributed by atoms with Crippen molar-refractivity contribution < 1.29 is 14.3 Å². The van der Waals surface area contributed by atoms with Gasteiger partial charge < -0.3 is 4.74 Å². The van der Waals surface area contributed by atoms with E-state index in [1.54, 1.807) is 0 Å². The Bertz CT molecular complexity index is 412. The Morgan fingerprint density at radius 1 is 1.06 bits per heavy atom. The first-order chi connectivity index (χ1) is 7.58. The van der Waals surface area contributed by atoms with Gasteiger partial charge in [-0.05, 0) is 30.5 Å². The van der Waals surface area contributed by atoms with Gasteiger partial charge in [-0.2, -0.15) is 0 Å². The van der Waals surface area contributed by atoms with E-state index in [4.69, 9.17) is 0 Å². The highest BCUT2D eigenvalue weighted by molar-refractivity contribution is 5.89. The van der Waals surface area contributed by atoms with Crippen LogP contribution in [0.2, 0.25) is 0 Å². The van der Waals surface area contributed by atoms with Gasteiger partial charge in [0.2, 0.25) is 0 Å². The number of hydrogen-bond acceptors (Lipinski definition) is 3. The van der Waals surface area contributed by atoms with Gasteiger partial charge in [0.25, 0.3) is 0 Å². The molecule has 1 aromatic carbocycles. The van der Waals surface area contributed by atoms with Gasteiger partial charge in [0, 0.05) is 5.92 Å². The molecule has 2 rings (SSSR count). The van der Waals surface area contributed by atoms with Crippen molar-refractivity contribution >= 4 is 11.9 Å². The molecule has 1 heterocycles. The average Bonchev–Trinajstić information content (AvgIpc) is 2.15. The second kappa shape index (κ2) is 4.08. The smallest absolute Gasteiger partial charge is 0.314 e. The van der Waals surface area contributed by atoms with Crippen LogP contribution in [0.3, 0.4) is 0 Å². The summed E-state index contributed by atoms with van der Waals surface area (Å²) in [5, 5.41) is 0. The highest BCUT2D eigenvalue weighted by Crippen LogP contribution is 2.32. The molecule has 0 N–H and O–H groups in total. The van der Waals surface area contributed by atoms with Gasteiger partial charge in [-0.1, -0.05) is 18.2 Å². The molecular weight excluding hydrogens is 204 g/mol. The van der Waals surface area contributed by atoms with Crippen LogP contribution in [0.25, 0.3) is 0 Å². The quantitative estimate of drug-likeness (QED) is 0.536. The molecule has 1 aromatic rings. The minimum Gasteiger partial charge on any atom is -0.393 e. The summed E-state index contributed by atoms with van der Waals surface area (Å²) in [6.07, 6.45) is 0.606. The standard InChI is InChI=1S/C13H14O3/c1-8-4-3-5-9(2)13(8)10-6-11(14)16-12(15)7-10/h3-5,10H,6-7H2,1-2H3. The van der Waals surface area contributed by atoms with E-state index < -0.39 is 11.9 Å². The molecule has 0 aliphatic carbocycles. The van der Waals surface area contributed by atoms with Gasteiger partial charge in [0.1, 0.15) is 0 Å². The minimum atomic E-state index is -0.413. The fourth-order valence-corrected chi connectivity index (χ4v) is 2.36. The van der Waals surface area contributed by atoms with Crippen LogP contribution >= 0.6 is 0 Å². The lowest BCUT2D eigenvalue weighted by molar-refractivity contribution is -0.163. The first kappa shape index (κ1) is 10.9. The fraction of sp³-hybridized carbons (Fsp3) is 0.385. The van der Waals surface area contributed by atoms with Crippen LogP contribution in [0, 0.1) is 13.8 Å². The number of ether oxygens (including phenoxy) is 1. The number of carbonyl (C=O) groups is 2. The Labute approximate surface area is 94.4 Å². The summed E-state index contributed by atoms with van der Waals surface area (Å²) in [5.41, 5.74) is 3.38. The number of rotatable bonds is 1. The summed E-state index contributed by atoms with van der Waals surface area (Å²) in [6, 6.07) is 6.00. The predicted molar refractivity (Wildman–Crippen MR) is 59.0 cm³/mol. The topological polar surface area (TPSA) is 43.4 Å². The number of benzene rings is 1. The molecule has 1 aliphatic heterocycles. The maximum atomic E-state index is 11.2. The Balaban J connectivity index is 2.36. The van der Waals surface area contributed by atoms with Gasteiger partial charge in [0.15, 0.2) is 0 Å². The lowest BCUT2D eigenvalue weighted by atomic mass is 9.85. The van der Waals surface area contributed by atoms with E-state index in [0.717, 1.165) is 16.7 Å². The highest BCUT2D eigenvalue weighted by atomic mass is 16.6. The van der Waals surface area contributed by atoms with E-state index in [-0.39, 0.29) is 5.92 Å². The van der Waals surface area contributed by atoms with Gasteiger partial charge in [-0.15, -0.1) is 0 Å². The molecule has 0 bridgehead atoms. The van der Waals surface area contributed by atoms with E-state index in [0.29, 0.717) is 12.8 Å². The molecule has 0 unspecified atom stereocenters. The van der Waals surface area contributed by atoms with Crippen molar-refractivity contribution in [3.05, 3.63) is 34.9 Å². The van der Waals surface area contributed by atoms with Crippen molar-refractivity contribution in [1.82, 2.24) is 0 Å². The van der Waals surface area contributed by atoms with Crippen LogP contribution in [-0.2, 0) is 14.3 Å². The summed E-state index contributed by atoms with van der Waals surface area (Å²) in [6.45, 7) is 4.01. The molecule has 1 fully saturated rings. The first-order valence-electron chi connectivity index (χ1n) is 5.37. The van der Waals surface area contributed by atoms with Gasteiger partial charge in [-0.25, -0.2) is 0 Å². The molecule has 0 aromatic heterocycles. The zero-order chi connectivity index (χ0) is 11.7. The van der Waals surface area contributed by atoms with E-state index in [1.165, 1.54) is 0 Å². The highest BCUT2D eigenvalue weighted by Gasteiger charge is 2.29. The van der Waals surface area contributed by atoms with Gasteiger partial charge in [0.05, 0.1) is 12.8 Å². The molecular formula is C13H14O3. The van der Waals surface area contributed by atoms with E-state index >= 15 is 0 Å². The van der Waals surface area contributed by atoms with Crippen molar-refractivity contribution in [3.63, 3.8) is 0 Å². The van der Waals surface area contributed by atoms with Crippen LogP contribution in [0.5, 0.6) is 0 Å². The third kappa shape index (κ3) is 1.98. The molecule has 1 saturated heterocycles. The zero-order valence-corrected chi connectivity index (χ0v) is 9.45. The van der Waals surface area contributed by atoms with E-state index in [1.807, 2.05) is 32.0 Å². The lowest BCUT2D eigenvalue weighted by Gasteiger charge is -2.23. The average molecular weight is 218 g/mol.